The Morgan fingerprint density at radius 1 is 1.40 bits per heavy atom. The largest absolute Gasteiger partial charge is 0.480 e. The first-order chi connectivity index (χ1) is 9.11. The molecule has 112 valence electrons. The van der Waals surface area contributed by atoms with Gasteiger partial charge in [-0.05, 0) is 31.0 Å². The number of halogens is 2. The average molecular weight is 342 g/mol. The molecule has 1 aromatic carbocycles. The Labute approximate surface area is 126 Å². The molecule has 0 spiro atoms. The third kappa shape index (κ3) is 3.42. The predicted octanol–water partition coefficient (Wildman–Crippen LogP) is 1.33. The van der Waals surface area contributed by atoms with E-state index in [9.17, 15) is 13.2 Å². The summed E-state index contributed by atoms with van der Waals surface area (Å²) in [6, 6.07) is -0.145. The summed E-state index contributed by atoms with van der Waals surface area (Å²) < 4.78 is 26.3. The first kappa shape index (κ1) is 17.2. The number of nitrogens with one attached hydrogen (secondary N) is 1. The molecule has 0 fully saturated rings. The van der Waals surface area contributed by atoms with Crippen LogP contribution in [0.2, 0.25) is 10.0 Å². The fourth-order valence-electron chi connectivity index (χ4n) is 1.55. The third-order valence-corrected chi connectivity index (χ3v) is 5.27. The second-order valence-electron chi connectivity index (χ2n) is 4.14. The molecule has 0 radical (unpaired) electrons. The number of hydrogen-bond acceptors (Lipinski definition) is 4. The van der Waals surface area contributed by atoms with Crippen LogP contribution in [0.4, 0.5) is 0 Å². The predicted molar refractivity (Wildman–Crippen MR) is 74.8 cm³/mol. The third-order valence-electron chi connectivity index (χ3n) is 2.63. The molecular formula is C11H13Cl2NO5S. The van der Waals surface area contributed by atoms with Gasteiger partial charge in [-0.2, -0.15) is 4.72 Å². The highest BCUT2D eigenvalue weighted by molar-refractivity contribution is 7.89. The highest BCUT2D eigenvalue weighted by Crippen LogP contribution is 2.33. The zero-order valence-corrected chi connectivity index (χ0v) is 13.0. The summed E-state index contributed by atoms with van der Waals surface area (Å²) in [4.78, 5) is 10.5. The van der Waals surface area contributed by atoms with Crippen LogP contribution in [-0.2, 0) is 14.8 Å². The standard InChI is InChI=1S/C11H13Cl2NO5S/c1-5-3-7(12)6(2)10(9(5)13)20(18,19)14-8(4-15)11(16)17/h3,8,14-15H,4H2,1-2H3,(H,16,17)/t8-/m1/s1. The number of aliphatic hydroxyl groups excluding tert-OH is 1. The molecule has 0 aliphatic heterocycles. The second-order valence-corrected chi connectivity index (χ2v) is 6.57. The molecule has 0 bridgehead atoms. The molecular weight excluding hydrogens is 329 g/mol. The van der Waals surface area contributed by atoms with Crippen molar-refractivity contribution < 1.29 is 23.4 Å². The van der Waals surface area contributed by atoms with Crippen LogP contribution in [0.3, 0.4) is 0 Å². The van der Waals surface area contributed by atoms with Gasteiger partial charge in [-0.3, -0.25) is 4.79 Å². The molecule has 0 heterocycles. The maximum atomic E-state index is 12.2. The lowest BCUT2D eigenvalue weighted by Gasteiger charge is -2.16. The number of aliphatic hydroxyl groups is 1. The number of carboxylic acid groups (broad SMARTS) is 1. The van der Waals surface area contributed by atoms with Crippen molar-refractivity contribution in [1.29, 1.82) is 0 Å². The van der Waals surface area contributed by atoms with Gasteiger partial charge >= 0.3 is 5.97 Å². The summed E-state index contributed by atoms with van der Waals surface area (Å²) in [6.45, 7) is 2.15. The van der Waals surface area contributed by atoms with E-state index in [0.29, 0.717) is 5.56 Å². The molecule has 0 unspecified atom stereocenters. The lowest BCUT2D eigenvalue weighted by molar-refractivity contribution is -0.139. The van der Waals surface area contributed by atoms with Crippen LogP contribution in [0, 0.1) is 13.8 Å². The number of carbonyl (C=O) groups is 1. The zero-order chi connectivity index (χ0) is 15.7. The summed E-state index contributed by atoms with van der Waals surface area (Å²) in [7, 11) is -4.23. The lowest BCUT2D eigenvalue weighted by Crippen LogP contribution is -2.43. The minimum Gasteiger partial charge on any atom is -0.480 e. The fraction of sp³-hybridized carbons (Fsp3) is 0.364. The molecule has 3 N–H and O–H groups in total. The van der Waals surface area contributed by atoms with Gasteiger partial charge in [0.15, 0.2) is 0 Å². The quantitative estimate of drug-likeness (QED) is 0.749. The summed E-state index contributed by atoms with van der Waals surface area (Å²) in [5.74, 6) is -1.50. The van der Waals surface area contributed by atoms with Crippen molar-refractivity contribution in [3.63, 3.8) is 0 Å². The van der Waals surface area contributed by atoms with Gasteiger partial charge in [-0.25, -0.2) is 8.42 Å². The van der Waals surface area contributed by atoms with Crippen LogP contribution < -0.4 is 4.72 Å². The lowest BCUT2D eigenvalue weighted by atomic mass is 10.2. The maximum Gasteiger partial charge on any atom is 0.324 e. The maximum absolute atomic E-state index is 12.2. The number of sulfonamides is 1. The Balaban J connectivity index is 3.40. The van der Waals surface area contributed by atoms with E-state index in [2.05, 4.69) is 0 Å². The monoisotopic (exact) mass is 341 g/mol. The molecule has 1 aromatic rings. The Hall–Kier alpha value is -0.860. The Morgan fingerprint density at radius 2 is 1.95 bits per heavy atom. The van der Waals surface area contributed by atoms with Crippen LogP contribution in [0.25, 0.3) is 0 Å². The first-order valence-corrected chi connectivity index (χ1v) is 7.67. The number of hydrogen-bond donors (Lipinski definition) is 3. The summed E-state index contributed by atoms with van der Waals surface area (Å²) in [6.07, 6.45) is 0. The highest BCUT2D eigenvalue weighted by Gasteiger charge is 2.29. The average Bonchev–Trinajstić information content (AvgIpc) is 2.33. The van der Waals surface area contributed by atoms with Crippen molar-refractivity contribution in [1.82, 2.24) is 4.72 Å². The number of rotatable bonds is 5. The highest BCUT2D eigenvalue weighted by atomic mass is 35.5. The molecule has 0 aromatic heterocycles. The number of aliphatic carboxylic acids is 1. The summed E-state index contributed by atoms with van der Waals surface area (Å²) in [5.41, 5.74) is 0.648. The second kappa shape index (κ2) is 6.28. The molecule has 0 aliphatic carbocycles. The van der Waals surface area contributed by atoms with Crippen molar-refractivity contribution in [2.45, 2.75) is 24.8 Å². The molecule has 0 amide bonds. The Kier molecular flexibility index (Phi) is 5.39. The van der Waals surface area contributed by atoms with Gasteiger partial charge in [0, 0.05) is 5.02 Å². The summed E-state index contributed by atoms with van der Waals surface area (Å²) >= 11 is 11.9. The van der Waals surface area contributed by atoms with E-state index in [1.54, 1.807) is 6.92 Å². The minimum atomic E-state index is -4.23. The molecule has 6 nitrogen and oxygen atoms in total. The first-order valence-electron chi connectivity index (χ1n) is 5.43. The minimum absolute atomic E-state index is 0.0403. The number of benzene rings is 1. The van der Waals surface area contributed by atoms with Crippen molar-refractivity contribution in [2.24, 2.45) is 0 Å². The topological polar surface area (TPSA) is 104 Å². The zero-order valence-electron chi connectivity index (χ0n) is 10.6. The van der Waals surface area contributed by atoms with E-state index in [1.165, 1.54) is 13.0 Å². The molecule has 9 heteroatoms. The van der Waals surface area contributed by atoms with Gasteiger partial charge in [0.05, 0.1) is 11.6 Å². The van der Waals surface area contributed by atoms with E-state index in [4.69, 9.17) is 33.4 Å². The Morgan fingerprint density at radius 3 is 2.40 bits per heavy atom. The van der Waals surface area contributed by atoms with Gasteiger partial charge in [0.2, 0.25) is 10.0 Å². The van der Waals surface area contributed by atoms with E-state index in [0.717, 1.165) is 0 Å². The van der Waals surface area contributed by atoms with Gasteiger partial charge in [-0.15, -0.1) is 0 Å². The van der Waals surface area contributed by atoms with Crippen molar-refractivity contribution in [2.75, 3.05) is 6.61 Å². The van der Waals surface area contributed by atoms with Crippen LogP contribution >= 0.6 is 23.2 Å². The molecule has 0 saturated carbocycles. The molecule has 1 atom stereocenters. The molecule has 1 rings (SSSR count). The van der Waals surface area contributed by atoms with Crippen LogP contribution in [-0.4, -0.2) is 37.2 Å². The van der Waals surface area contributed by atoms with Gasteiger partial charge in [0.1, 0.15) is 10.9 Å². The smallest absolute Gasteiger partial charge is 0.324 e. The van der Waals surface area contributed by atoms with Gasteiger partial charge in [-0.1, -0.05) is 23.2 Å². The molecule has 20 heavy (non-hydrogen) atoms. The van der Waals surface area contributed by atoms with E-state index >= 15 is 0 Å². The van der Waals surface area contributed by atoms with Crippen molar-refractivity contribution in [3.8, 4) is 0 Å². The SMILES string of the molecule is Cc1cc(Cl)c(C)c(S(=O)(=O)N[C@H](CO)C(=O)O)c1Cl. The van der Waals surface area contributed by atoms with E-state index in [1.807, 2.05) is 4.72 Å². The molecule has 0 saturated heterocycles. The van der Waals surface area contributed by atoms with Crippen LogP contribution in [0.15, 0.2) is 11.0 Å². The van der Waals surface area contributed by atoms with Gasteiger partial charge < -0.3 is 10.2 Å². The van der Waals surface area contributed by atoms with Crippen molar-refractivity contribution in [3.05, 3.63) is 27.2 Å². The number of carboxylic acids is 1. The Bertz CT molecular complexity index is 618. The van der Waals surface area contributed by atoms with E-state index < -0.39 is 28.6 Å². The normalized spacial score (nSPS) is 13.2. The van der Waals surface area contributed by atoms with Crippen LogP contribution in [0.5, 0.6) is 0 Å². The fourth-order valence-corrected chi connectivity index (χ4v) is 3.94. The van der Waals surface area contributed by atoms with Gasteiger partial charge in [0.25, 0.3) is 0 Å². The number of aryl methyl sites for hydroxylation is 1. The van der Waals surface area contributed by atoms with Crippen molar-refractivity contribution >= 4 is 39.2 Å². The summed E-state index contributed by atoms with van der Waals surface area (Å²) in [5, 5.41) is 17.8. The van der Waals surface area contributed by atoms with Crippen LogP contribution in [0.1, 0.15) is 11.1 Å². The molecule has 0 aliphatic rings. The van der Waals surface area contributed by atoms with E-state index in [-0.39, 0.29) is 20.5 Å².